The number of aliphatic hydroxyl groups is 2. The van der Waals surface area contributed by atoms with E-state index in [9.17, 15) is 10.2 Å². The van der Waals surface area contributed by atoms with E-state index in [2.05, 4.69) is 20.9 Å². The number of nitrogens with zero attached hydrogens (tertiary/aromatic N) is 4. The fraction of sp³-hybridized carbons (Fsp3) is 0.333. The first kappa shape index (κ1) is 29.8. The van der Waals surface area contributed by atoms with Gasteiger partial charge in [0.15, 0.2) is 0 Å². The van der Waals surface area contributed by atoms with Crippen molar-refractivity contribution in [2.45, 2.75) is 25.6 Å². The second-order valence-electron chi connectivity index (χ2n) is 11.0. The summed E-state index contributed by atoms with van der Waals surface area (Å²) in [5.74, 6) is 1.28. The Labute approximate surface area is 261 Å². The fourth-order valence-electron chi connectivity index (χ4n) is 5.97. The number of ether oxygens (including phenoxy) is 2. The summed E-state index contributed by atoms with van der Waals surface area (Å²) in [7, 11) is 3.27. The lowest BCUT2D eigenvalue weighted by Gasteiger charge is -2.35. The lowest BCUT2D eigenvalue weighted by Crippen LogP contribution is -2.50. The van der Waals surface area contributed by atoms with Crippen LogP contribution in [0.2, 0.25) is 10.0 Å². The largest absolute Gasteiger partial charge is 0.496 e. The smallest absolute Gasteiger partial charge is 0.237 e. The van der Waals surface area contributed by atoms with Crippen LogP contribution in [0.3, 0.4) is 0 Å². The molecule has 2 aliphatic rings. The third-order valence-electron chi connectivity index (χ3n) is 8.20. The minimum atomic E-state index is -0.290. The zero-order chi connectivity index (χ0) is 30.1. The average Bonchev–Trinajstić information content (AvgIpc) is 3.00. The molecule has 0 atom stereocenters. The molecule has 3 heterocycles. The number of halogens is 2. The van der Waals surface area contributed by atoms with E-state index in [1.807, 2.05) is 42.5 Å². The molecular weight excluding hydrogens is 587 g/mol. The van der Waals surface area contributed by atoms with Gasteiger partial charge in [-0.2, -0.15) is 0 Å². The molecule has 1 fully saturated rings. The number of benzene rings is 3. The van der Waals surface area contributed by atoms with E-state index >= 15 is 0 Å². The van der Waals surface area contributed by atoms with Crippen LogP contribution in [0.5, 0.6) is 11.6 Å². The van der Waals surface area contributed by atoms with E-state index in [0.717, 1.165) is 53.1 Å². The highest BCUT2D eigenvalue weighted by atomic mass is 35.5. The van der Waals surface area contributed by atoms with Crippen LogP contribution in [-0.4, -0.2) is 83.1 Å². The van der Waals surface area contributed by atoms with Gasteiger partial charge in [0.1, 0.15) is 11.4 Å². The summed E-state index contributed by atoms with van der Waals surface area (Å²) < 4.78 is 11.4. The highest BCUT2D eigenvalue weighted by Gasteiger charge is 2.27. The number of β-amino-alcohol motifs (C(OH)–C–C–N with tert-alkyl or cyclic N) is 2. The molecule has 0 unspecified atom stereocenters. The number of aromatic nitrogens is 2. The Balaban J connectivity index is 1.35. The summed E-state index contributed by atoms with van der Waals surface area (Å²) >= 11 is 14.2. The summed E-state index contributed by atoms with van der Waals surface area (Å²) in [5, 5.41) is 20.2. The van der Waals surface area contributed by atoms with Gasteiger partial charge in [-0.25, -0.2) is 4.98 Å². The zero-order valence-electron chi connectivity index (χ0n) is 24.2. The number of aliphatic hydroxyl groups excluding tert-OH is 2. The van der Waals surface area contributed by atoms with Crippen LogP contribution in [0.25, 0.3) is 33.5 Å². The van der Waals surface area contributed by atoms with Crippen LogP contribution >= 0.6 is 23.2 Å². The Morgan fingerprint density at radius 2 is 1.63 bits per heavy atom. The van der Waals surface area contributed by atoms with E-state index in [1.54, 1.807) is 20.4 Å². The van der Waals surface area contributed by atoms with E-state index in [-0.39, 0.29) is 12.7 Å². The Bertz CT molecular complexity index is 1640. The van der Waals surface area contributed by atoms with Crippen LogP contribution < -0.4 is 9.47 Å². The lowest BCUT2D eigenvalue weighted by atomic mass is 9.92. The quantitative estimate of drug-likeness (QED) is 0.259. The Morgan fingerprint density at radius 3 is 2.30 bits per heavy atom. The van der Waals surface area contributed by atoms with Gasteiger partial charge >= 0.3 is 0 Å². The zero-order valence-corrected chi connectivity index (χ0v) is 25.7. The van der Waals surface area contributed by atoms with Crippen LogP contribution in [0.15, 0.2) is 54.7 Å². The van der Waals surface area contributed by atoms with Gasteiger partial charge in [-0.05, 0) is 35.2 Å². The molecule has 6 rings (SSSR count). The van der Waals surface area contributed by atoms with E-state index in [0.29, 0.717) is 53.5 Å². The summed E-state index contributed by atoms with van der Waals surface area (Å²) in [6.45, 7) is 4.17. The standard InChI is InChI=1S/C33H34Cl2N4O4/c1-42-30-14-20(13-21-16-38(11-12-40)10-9-23(21)30)24-5-3-6-25(31(24)34)26-7-4-8-27(32(26)35)28-15-36-29(33(37-28)43-2)19-39-17-22(41)18-39/h3-8,13-15,22,40-41H,9-12,16-19H2,1-2H3. The number of likely N-dealkylation sites (tertiary alicyclic amines) is 1. The molecule has 0 amide bonds. The molecule has 0 spiro atoms. The molecule has 0 radical (unpaired) electrons. The number of fused-ring (bicyclic) bond motifs is 1. The van der Waals surface area contributed by atoms with Gasteiger partial charge in [-0.1, -0.05) is 59.6 Å². The topological polar surface area (TPSA) is 91.2 Å². The van der Waals surface area contributed by atoms with Crippen molar-refractivity contribution in [1.82, 2.24) is 19.8 Å². The molecule has 1 saturated heterocycles. The maximum Gasteiger partial charge on any atom is 0.237 e. The highest BCUT2D eigenvalue weighted by Crippen LogP contribution is 2.43. The summed E-state index contributed by atoms with van der Waals surface area (Å²) in [6, 6.07) is 16.0. The van der Waals surface area contributed by atoms with Crippen molar-refractivity contribution in [2.75, 3.05) is 47.0 Å². The van der Waals surface area contributed by atoms with Crippen molar-refractivity contribution >= 4 is 23.2 Å². The predicted octanol–water partition coefficient (Wildman–Crippen LogP) is 5.33. The van der Waals surface area contributed by atoms with E-state index in [1.165, 1.54) is 11.1 Å². The molecule has 0 aliphatic carbocycles. The van der Waals surface area contributed by atoms with Crippen LogP contribution in [-0.2, 0) is 19.5 Å². The molecule has 1 aromatic heterocycles. The van der Waals surface area contributed by atoms with Gasteiger partial charge in [0.2, 0.25) is 5.88 Å². The maximum absolute atomic E-state index is 9.62. The second kappa shape index (κ2) is 12.8. The molecular formula is C33H34Cl2N4O4. The van der Waals surface area contributed by atoms with E-state index in [4.69, 9.17) is 37.7 Å². The summed E-state index contributed by atoms with van der Waals surface area (Å²) in [6.07, 6.45) is 2.28. The van der Waals surface area contributed by atoms with Gasteiger partial charge in [0.05, 0.1) is 48.9 Å². The normalized spacial score (nSPS) is 15.7. The molecule has 224 valence electrons. The first-order chi connectivity index (χ1) is 20.9. The third kappa shape index (κ3) is 5.96. The van der Waals surface area contributed by atoms with Crippen molar-refractivity contribution in [1.29, 1.82) is 0 Å². The minimum Gasteiger partial charge on any atom is -0.496 e. The van der Waals surface area contributed by atoms with Crippen LogP contribution in [0, 0.1) is 0 Å². The summed E-state index contributed by atoms with van der Waals surface area (Å²) in [5.41, 5.74) is 7.82. The fourth-order valence-corrected chi connectivity index (χ4v) is 6.63. The minimum absolute atomic E-state index is 0.131. The second-order valence-corrected chi connectivity index (χ2v) is 11.7. The Morgan fingerprint density at radius 1 is 0.930 bits per heavy atom. The number of rotatable bonds is 9. The molecule has 43 heavy (non-hydrogen) atoms. The van der Waals surface area contributed by atoms with Crippen LogP contribution in [0.1, 0.15) is 16.8 Å². The van der Waals surface area contributed by atoms with Crippen LogP contribution in [0.4, 0.5) is 0 Å². The lowest BCUT2D eigenvalue weighted by molar-refractivity contribution is -0.00402. The molecule has 2 aliphatic heterocycles. The van der Waals surface area contributed by atoms with Crippen molar-refractivity contribution in [3.05, 3.63) is 81.6 Å². The van der Waals surface area contributed by atoms with Crippen molar-refractivity contribution in [3.63, 3.8) is 0 Å². The Hall–Kier alpha value is -3.24. The number of hydrogen-bond acceptors (Lipinski definition) is 8. The number of hydrogen-bond donors (Lipinski definition) is 2. The van der Waals surface area contributed by atoms with Crippen molar-refractivity contribution in [2.24, 2.45) is 0 Å². The SMILES string of the molecule is COc1cc(-c2cccc(-c3cccc(-c4cnc(CN5CC(O)C5)c(OC)n4)c3Cl)c2Cl)cc2c1CCN(CCO)C2. The molecule has 3 aromatic carbocycles. The monoisotopic (exact) mass is 620 g/mol. The first-order valence-electron chi connectivity index (χ1n) is 14.3. The molecule has 2 N–H and O–H groups in total. The Kier molecular flexibility index (Phi) is 8.86. The molecule has 4 aromatic rings. The maximum atomic E-state index is 9.62. The van der Waals surface area contributed by atoms with Gasteiger partial charge in [-0.3, -0.25) is 14.8 Å². The van der Waals surface area contributed by atoms with Gasteiger partial charge in [0.25, 0.3) is 0 Å². The molecule has 8 nitrogen and oxygen atoms in total. The van der Waals surface area contributed by atoms with Gasteiger partial charge < -0.3 is 19.7 Å². The number of methoxy groups -OCH3 is 2. The van der Waals surface area contributed by atoms with Crippen molar-refractivity contribution < 1.29 is 19.7 Å². The molecule has 0 bridgehead atoms. The molecule has 0 saturated carbocycles. The van der Waals surface area contributed by atoms with Gasteiger partial charge in [0, 0.05) is 61.5 Å². The van der Waals surface area contributed by atoms with E-state index < -0.39 is 0 Å². The first-order valence-corrected chi connectivity index (χ1v) is 15.1. The highest BCUT2D eigenvalue weighted by molar-refractivity contribution is 6.39. The average molecular weight is 622 g/mol. The summed E-state index contributed by atoms with van der Waals surface area (Å²) in [4.78, 5) is 13.7. The predicted molar refractivity (Wildman–Crippen MR) is 169 cm³/mol. The third-order valence-corrected chi connectivity index (χ3v) is 9.01. The van der Waals surface area contributed by atoms with Crippen molar-refractivity contribution in [3.8, 4) is 45.1 Å². The molecule has 10 heteroatoms. The van der Waals surface area contributed by atoms with Gasteiger partial charge in [-0.15, -0.1) is 0 Å².